The second-order valence-corrected chi connectivity index (χ2v) is 8.36. The molecule has 8 nitrogen and oxygen atoms in total. The predicted molar refractivity (Wildman–Crippen MR) is 113 cm³/mol. The molecule has 158 valence electrons. The van der Waals surface area contributed by atoms with Gasteiger partial charge in [-0.2, -0.15) is 0 Å². The van der Waals surface area contributed by atoms with Crippen molar-refractivity contribution in [3.05, 3.63) is 30.6 Å². The van der Waals surface area contributed by atoms with Crippen molar-refractivity contribution in [1.29, 1.82) is 0 Å². The monoisotopic (exact) mass is 411 g/mol. The molecule has 0 radical (unpaired) electrons. The smallest absolute Gasteiger partial charge is 0.264 e. The number of halogens is 1. The fourth-order valence-electron chi connectivity index (χ4n) is 3.77. The maximum Gasteiger partial charge on any atom is 0.264 e. The van der Waals surface area contributed by atoms with E-state index in [2.05, 4.69) is 44.3 Å². The largest absolute Gasteiger partial charge is 0.303 e. The van der Waals surface area contributed by atoms with Crippen LogP contribution < -0.4 is 5.32 Å². The molecule has 0 unspecified atom stereocenters. The van der Waals surface area contributed by atoms with Gasteiger partial charge in [0.2, 0.25) is 5.95 Å². The van der Waals surface area contributed by atoms with Gasteiger partial charge in [-0.15, -0.1) is 5.10 Å². The molecule has 2 aromatic heterocycles. The first-order valence-electron chi connectivity index (χ1n) is 10.2. The van der Waals surface area contributed by atoms with Crippen molar-refractivity contribution < 1.29 is 9.18 Å². The van der Waals surface area contributed by atoms with Crippen LogP contribution in [0.1, 0.15) is 26.7 Å². The topological polar surface area (TPSA) is 88.8 Å². The molecule has 1 saturated heterocycles. The van der Waals surface area contributed by atoms with Gasteiger partial charge in [0.05, 0.1) is 11.7 Å². The molecule has 0 atom stereocenters. The SMILES string of the molecule is CC(C)CN1CCC(F)(C(=O)Nc2ncc3ccc(-c4cn(C)nn4)cc3n2)CC1. The molecule has 0 saturated carbocycles. The molecule has 3 aromatic rings. The minimum absolute atomic E-state index is 0.102. The highest BCUT2D eigenvalue weighted by atomic mass is 19.1. The minimum Gasteiger partial charge on any atom is -0.303 e. The number of hydrogen-bond donors (Lipinski definition) is 1. The van der Waals surface area contributed by atoms with Crippen molar-refractivity contribution in [1.82, 2.24) is 29.9 Å². The van der Waals surface area contributed by atoms with Crippen LogP contribution in [0.25, 0.3) is 22.2 Å². The Bertz CT molecular complexity index is 1060. The summed E-state index contributed by atoms with van der Waals surface area (Å²) >= 11 is 0. The first kappa shape index (κ1) is 20.3. The average molecular weight is 411 g/mol. The number of carbonyl (C=O) groups excluding carboxylic acids is 1. The van der Waals surface area contributed by atoms with E-state index in [-0.39, 0.29) is 18.8 Å². The van der Waals surface area contributed by atoms with Crippen LogP contribution in [0.3, 0.4) is 0 Å². The van der Waals surface area contributed by atoms with Crippen LogP contribution in [-0.4, -0.2) is 61.1 Å². The second kappa shape index (κ2) is 8.06. The standard InChI is InChI=1S/C21H26FN7O/c1-14(2)12-29-8-6-21(22,7-9-29)19(30)25-20-23-11-16-5-4-15(10-17(16)24-20)18-13-28(3)27-26-18/h4-5,10-11,13-14H,6-9,12H2,1-3H3,(H,23,24,25,30). The Morgan fingerprint density at radius 1 is 1.30 bits per heavy atom. The number of amides is 1. The summed E-state index contributed by atoms with van der Waals surface area (Å²) in [5.41, 5.74) is 0.321. The van der Waals surface area contributed by atoms with E-state index >= 15 is 4.39 Å². The first-order chi connectivity index (χ1) is 14.3. The van der Waals surface area contributed by atoms with Crippen molar-refractivity contribution in [2.45, 2.75) is 32.4 Å². The quantitative estimate of drug-likeness (QED) is 0.695. The Kier molecular flexibility index (Phi) is 5.46. The molecular formula is C21H26FN7O. The van der Waals surface area contributed by atoms with Crippen LogP contribution in [0.2, 0.25) is 0 Å². The third-order valence-electron chi connectivity index (χ3n) is 5.39. The molecule has 4 rings (SSSR count). The molecule has 3 heterocycles. The lowest BCUT2D eigenvalue weighted by molar-refractivity contribution is -0.130. The first-order valence-corrected chi connectivity index (χ1v) is 10.2. The molecule has 1 fully saturated rings. The van der Waals surface area contributed by atoms with E-state index in [9.17, 15) is 4.79 Å². The van der Waals surface area contributed by atoms with Crippen LogP contribution in [0, 0.1) is 5.92 Å². The number of alkyl halides is 1. The van der Waals surface area contributed by atoms with Gasteiger partial charge in [-0.25, -0.2) is 14.4 Å². The normalized spacial score (nSPS) is 16.8. The van der Waals surface area contributed by atoms with Crippen LogP contribution in [0.5, 0.6) is 0 Å². The van der Waals surface area contributed by atoms with Gasteiger partial charge in [-0.05, 0) is 12.0 Å². The molecule has 1 aliphatic heterocycles. The molecule has 0 aliphatic carbocycles. The zero-order chi connectivity index (χ0) is 21.3. The lowest BCUT2D eigenvalue weighted by atomic mass is 9.92. The Balaban J connectivity index is 1.48. The minimum atomic E-state index is -1.90. The molecule has 30 heavy (non-hydrogen) atoms. The Morgan fingerprint density at radius 3 is 2.73 bits per heavy atom. The van der Waals surface area contributed by atoms with Crippen LogP contribution in [0.4, 0.5) is 10.3 Å². The third-order valence-corrected chi connectivity index (χ3v) is 5.39. The molecule has 0 spiro atoms. The number of hydrogen-bond acceptors (Lipinski definition) is 6. The van der Waals surface area contributed by atoms with Crippen molar-refractivity contribution >= 4 is 22.8 Å². The van der Waals surface area contributed by atoms with Gasteiger partial charge in [0.25, 0.3) is 5.91 Å². The van der Waals surface area contributed by atoms with E-state index in [0.717, 1.165) is 23.2 Å². The molecule has 1 aromatic carbocycles. The van der Waals surface area contributed by atoms with Gasteiger partial charge < -0.3 is 4.90 Å². The maximum absolute atomic E-state index is 15.3. The van der Waals surface area contributed by atoms with Gasteiger partial charge in [-0.1, -0.05) is 31.2 Å². The van der Waals surface area contributed by atoms with Gasteiger partial charge in [-0.3, -0.25) is 14.8 Å². The number of benzene rings is 1. The number of fused-ring (bicyclic) bond motifs is 1. The number of aromatic nitrogens is 5. The number of carbonyl (C=O) groups is 1. The van der Waals surface area contributed by atoms with Gasteiger partial charge >= 0.3 is 0 Å². The molecule has 1 N–H and O–H groups in total. The van der Waals surface area contributed by atoms with Gasteiger partial charge in [0.15, 0.2) is 5.67 Å². The molecule has 1 aliphatic rings. The number of rotatable bonds is 5. The number of anilines is 1. The fraction of sp³-hybridized carbons (Fsp3) is 0.476. The molecule has 1 amide bonds. The van der Waals surface area contributed by atoms with Crippen molar-refractivity contribution in [2.24, 2.45) is 13.0 Å². The summed E-state index contributed by atoms with van der Waals surface area (Å²) in [5.74, 6) is -0.0507. The summed E-state index contributed by atoms with van der Waals surface area (Å²) in [7, 11) is 1.80. The molecule has 0 bridgehead atoms. The van der Waals surface area contributed by atoms with E-state index in [4.69, 9.17) is 0 Å². The zero-order valence-corrected chi connectivity index (χ0v) is 17.5. The van der Waals surface area contributed by atoms with E-state index < -0.39 is 11.6 Å². The van der Waals surface area contributed by atoms with Gasteiger partial charge in [0, 0.05) is 56.7 Å². The van der Waals surface area contributed by atoms with E-state index in [0.29, 0.717) is 24.5 Å². The van der Waals surface area contributed by atoms with E-state index in [1.807, 2.05) is 24.4 Å². The number of nitrogens with zero attached hydrogens (tertiary/aromatic N) is 6. The summed E-state index contributed by atoms with van der Waals surface area (Å²) < 4.78 is 16.9. The Labute approximate surface area is 174 Å². The Hall–Kier alpha value is -2.94. The lowest BCUT2D eigenvalue weighted by Crippen LogP contribution is -2.49. The summed E-state index contributed by atoms with van der Waals surface area (Å²) in [6.07, 6.45) is 3.78. The van der Waals surface area contributed by atoms with Gasteiger partial charge in [0.1, 0.15) is 5.69 Å². The number of aryl methyl sites for hydroxylation is 1. The van der Waals surface area contributed by atoms with Crippen LogP contribution in [-0.2, 0) is 11.8 Å². The predicted octanol–water partition coefficient (Wildman–Crippen LogP) is 2.82. The molecular weight excluding hydrogens is 385 g/mol. The number of likely N-dealkylation sites (tertiary alicyclic amines) is 1. The lowest BCUT2D eigenvalue weighted by Gasteiger charge is -2.35. The summed E-state index contributed by atoms with van der Waals surface area (Å²) in [4.78, 5) is 23.4. The highest BCUT2D eigenvalue weighted by molar-refractivity contribution is 5.96. The number of piperidine rings is 1. The highest BCUT2D eigenvalue weighted by Crippen LogP contribution is 2.29. The van der Waals surface area contributed by atoms with Crippen molar-refractivity contribution in [3.8, 4) is 11.3 Å². The summed E-state index contributed by atoms with van der Waals surface area (Å²) in [6, 6.07) is 5.65. The summed E-state index contributed by atoms with van der Waals surface area (Å²) in [6.45, 7) is 6.33. The molecule has 9 heteroatoms. The zero-order valence-electron chi connectivity index (χ0n) is 17.5. The third kappa shape index (κ3) is 4.30. The Morgan fingerprint density at radius 2 is 2.07 bits per heavy atom. The van der Waals surface area contributed by atoms with Crippen LogP contribution >= 0.6 is 0 Å². The maximum atomic E-state index is 15.3. The van der Waals surface area contributed by atoms with Crippen molar-refractivity contribution in [2.75, 3.05) is 25.0 Å². The number of nitrogens with one attached hydrogen (secondary N) is 1. The average Bonchev–Trinajstić information content (AvgIpc) is 3.15. The highest BCUT2D eigenvalue weighted by Gasteiger charge is 2.42. The van der Waals surface area contributed by atoms with Crippen molar-refractivity contribution in [3.63, 3.8) is 0 Å². The second-order valence-electron chi connectivity index (χ2n) is 8.36. The van der Waals surface area contributed by atoms with Crippen LogP contribution in [0.15, 0.2) is 30.6 Å². The van der Waals surface area contributed by atoms with E-state index in [1.54, 1.807) is 17.9 Å². The summed E-state index contributed by atoms with van der Waals surface area (Å²) in [5, 5.41) is 11.4. The van der Waals surface area contributed by atoms with E-state index in [1.165, 1.54) is 0 Å². The fourth-order valence-corrected chi connectivity index (χ4v) is 3.77.